The predicted octanol–water partition coefficient (Wildman–Crippen LogP) is 6.32. The van der Waals surface area contributed by atoms with Gasteiger partial charge in [-0.2, -0.15) is 0 Å². The maximum atomic E-state index is 12.3. The molecule has 0 radical (unpaired) electrons. The standard InChI is InChI=1S/C22H13ClO3/c1-12-17-10-14(23)7-9-19(17)25-21(12)18-11-20(24)26-22-15-5-3-2-4-13(15)6-8-16(18)22/h2-11H,1H3. The number of hydrogen-bond donors (Lipinski definition) is 0. The van der Waals surface area contributed by atoms with Gasteiger partial charge in [0, 0.05) is 38.4 Å². The van der Waals surface area contributed by atoms with E-state index in [-0.39, 0.29) is 0 Å². The summed E-state index contributed by atoms with van der Waals surface area (Å²) in [7, 11) is 0. The number of hydrogen-bond acceptors (Lipinski definition) is 3. The fraction of sp³-hybridized carbons (Fsp3) is 0.0455. The van der Waals surface area contributed by atoms with Gasteiger partial charge in [-0.15, -0.1) is 0 Å². The molecule has 0 atom stereocenters. The van der Waals surface area contributed by atoms with Gasteiger partial charge in [-0.25, -0.2) is 4.79 Å². The van der Waals surface area contributed by atoms with Gasteiger partial charge in [-0.05, 0) is 36.6 Å². The summed E-state index contributed by atoms with van der Waals surface area (Å²) in [4.78, 5) is 12.3. The van der Waals surface area contributed by atoms with E-state index in [0.717, 1.165) is 38.3 Å². The predicted molar refractivity (Wildman–Crippen MR) is 105 cm³/mol. The van der Waals surface area contributed by atoms with Crippen molar-refractivity contribution in [1.82, 2.24) is 0 Å². The number of fused-ring (bicyclic) bond motifs is 4. The maximum Gasteiger partial charge on any atom is 0.336 e. The molecule has 0 fully saturated rings. The van der Waals surface area contributed by atoms with Gasteiger partial charge in [0.1, 0.15) is 16.9 Å². The lowest BCUT2D eigenvalue weighted by atomic mass is 10.0. The van der Waals surface area contributed by atoms with Crippen LogP contribution < -0.4 is 5.63 Å². The van der Waals surface area contributed by atoms with Crippen molar-refractivity contribution >= 4 is 44.3 Å². The van der Waals surface area contributed by atoms with Crippen LogP contribution in [0.3, 0.4) is 0 Å². The summed E-state index contributed by atoms with van der Waals surface area (Å²) in [5.74, 6) is 0.662. The van der Waals surface area contributed by atoms with Gasteiger partial charge >= 0.3 is 5.63 Å². The van der Waals surface area contributed by atoms with Crippen molar-refractivity contribution in [3.63, 3.8) is 0 Å². The minimum atomic E-state index is -0.401. The summed E-state index contributed by atoms with van der Waals surface area (Å²) in [6.45, 7) is 1.97. The molecule has 3 aromatic carbocycles. The van der Waals surface area contributed by atoms with Crippen LogP contribution in [0.15, 0.2) is 74.3 Å². The zero-order chi connectivity index (χ0) is 17.8. The van der Waals surface area contributed by atoms with Crippen LogP contribution in [0.1, 0.15) is 5.56 Å². The second-order valence-corrected chi connectivity index (χ2v) is 6.78. The Balaban J connectivity index is 1.92. The van der Waals surface area contributed by atoms with Gasteiger partial charge in [-0.1, -0.05) is 41.9 Å². The highest BCUT2D eigenvalue weighted by molar-refractivity contribution is 6.31. The molecule has 3 nitrogen and oxygen atoms in total. The summed E-state index contributed by atoms with van der Waals surface area (Å²) < 4.78 is 11.6. The van der Waals surface area contributed by atoms with E-state index in [1.165, 1.54) is 6.07 Å². The summed E-state index contributed by atoms with van der Waals surface area (Å²) in [6.07, 6.45) is 0. The number of aryl methyl sites for hydroxylation is 1. The second-order valence-electron chi connectivity index (χ2n) is 6.34. The lowest BCUT2D eigenvalue weighted by Gasteiger charge is -2.06. The molecule has 0 saturated heterocycles. The third kappa shape index (κ3) is 2.18. The SMILES string of the molecule is Cc1c(-c2cc(=O)oc3c2ccc2ccccc23)oc2ccc(Cl)cc12. The molecule has 0 saturated carbocycles. The van der Waals surface area contributed by atoms with Gasteiger partial charge < -0.3 is 8.83 Å². The van der Waals surface area contributed by atoms with E-state index in [2.05, 4.69) is 0 Å². The Labute approximate surface area is 153 Å². The van der Waals surface area contributed by atoms with Crippen LogP contribution in [0.2, 0.25) is 5.02 Å². The molecule has 126 valence electrons. The summed E-state index contributed by atoms with van der Waals surface area (Å²) >= 11 is 6.12. The molecule has 0 unspecified atom stereocenters. The van der Waals surface area contributed by atoms with Crippen molar-refractivity contribution < 1.29 is 8.83 Å². The molecule has 2 heterocycles. The molecule has 5 rings (SSSR count). The molecular weight excluding hydrogens is 348 g/mol. The Bertz CT molecular complexity index is 1380. The first-order valence-corrected chi connectivity index (χ1v) is 8.64. The highest BCUT2D eigenvalue weighted by atomic mass is 35.5. The second kappa shape index (κ2) is 5.48. The fourth-order valence-corrected chi connectivity index (χ4v) is 3.70. The molecule has 26 heavy (non-hydrogen) atoms. The first kappa shape index (κ1) is 15.2. The Morgan fingerprint density at radius 2 is 1.69 bits per heavy atom. The summed E-state index contributed by atoms with van der Waals surface area (Å²) in [6, 6.07) is 18.8. The highest BCUT2D eigenvalue weighted by Crippen LogP contribution is 2.38. The highest BCUT2D eigenvalue weighted by Gasteiger charge is 2.18. The van der Waals surface area contributed by atoms with E-state index in [0.29, 0.717) is 16.4 Å². The van der Waals surface area contributed by atoms with Crippen LogP contribution in [-0.4, -0.2) is 0 Å². The monoisotopic (exact) mass is 360 g/mol. The topological polar surface area (TPSA) is 43.4 Å². The number of rotatable bonds is 1. The van der Waals surface area contributed by atoms with Crippen LogP contribution >= 0.6 is 11.6 Å². The van der Waals surface area contributed by atoms with Crippen molar-refractivity contribution in [2.75, 3.05) is 0 Å². The van der Waals surface area contributed by atoms with Crippen LogP contribution in [-0.2, 0) is 0 Å². The Morgan fingerprint density at radius 3 is 2.58 bits per heavy atom. The third-order valence-corrected chi connectivity index (χ3v) is 5.01. The normalized spacial score (nSPS) is 11.6. The first-order valence-electron chi connectivity index (χ1n) is 8.26. The largest absolute Gasteiger partial charge is 0.456 e. The van der Waals surface area contributed by atoms with E-state index >= 15 is 0 Å². The zero-order valence-electron chi connectivity index (χ0n) is 13.9. The van der Waals surface area contributed by atoms with Crippen LogP contribution in [0.4, 0.5) is 0 Å². The Kier molecular flexibility index (Phi) is 3.21. The van der Waals surface area contributed by atoms with Gasteiger partial charge in [0.2, 0.25) is 0 Å². The molecule has 0 aliphatic heterocycles. The molecule has 0 amide bonds. The minimum absolute atomic E-state index is 0.401. The Morgan fingerprint density at radius 1 is 0.846 bits per heavy atom. The van der Waals surface area contributed by atoms with Crippen molar-refractivity contribution in [3.8, 4) is 11.3 Å². The number of halogens is 1. The minimum Gasteiger partial charge on any atom is -0.456 e. The average molecular weight is 361 g/mol. The molecule has 0 spiro atoms. The first-order chi connectivity index (χ1) is 12.6. The molecule has 5 aromatic rings. The lowest BCUT2D eigenvalue weighted by Crippen LogP contribution is -1.98. The molecule has 4 heteroatoms. The van der Waals surface area contributed by atoms with Crippen molar-refractivity contribution in [2.45, 2.75) is 6.92 Å². The van der Waals surface area contributed by atoms with Crippen molar-refractivity contribution in [3.05, 3.63) is 81.7 Å². The van der Waals surface area contributed by atoms with Gasteiger partial charge in [-0.3, -0.25) is 0 Å². The van der Waals surface area contributed by atoms with Gasteiger partial charge in [0.25, 0.3) is 0 Å². The molecule has 0 aliphatic rings. The van der Waals surface area contributed by atoms with Crippen LogP contribution in [0, 0.1) is 6.92 Å². The zero-order valence-corrected chi connectivity index (χ0v) is 14.6. The molecule has 0 bridgehead atoms. The molecule has 2 aromatic heterocycles. The van der Waals surface area contributed by atoms with Crippen LogP contribution in [0.5, 0.6) is 0 Å². The molecule has 0 aliphatic carbocycles. The quantitative estimate of drug-likeness (QED) is 0.259. The van der Waals surface area contributed by atoms with E-state index in [1.807, 2.05) is 55.5 Å². The van der Waals surface area contributed by atoms with Gasteiger partial charge in [0.15, 0.2) is 0 Å². The molecule has 0 N–H and O–H groups in total. The lowest BCUT2D eigenvalue weighted by molar-refractivity contribution is 0.562. The van der Waals surface area contributed by atoms with Crippen molar-refractivity contribution in [1.29, 1.82) is 0 Å². The van der Waals surface area contributed by atoms with Crippen molar-refractivity contribution in [2.24, 2.45) is 0 Å². The summed E-state index contributed by atoms with van der Waals surface area (Å²) in [5, 5.41) is 4.36. The Hall–Kier alpha value is -3.04. The van der Waals surface area contributed by atoms with E-state index in [4.69, 9.17) is 20.4 Å². The third-order valence-electron chi connectivity index (χ3n) is 4.78. The van der Waals surface area contributed by atoms with Gasteiger partial charge in [0.05, 0.1) is 0 Å². The maximum absolute atomic E-state index is 12.3. The van der Waals surface area contributed by atoms with E-state index in [1.54, 1.807) is 6.07 Å². The number of benzene rings is 3. The molecular formula is C22H13ClO3. The van der Waals surface area contributed by atoms with E-state index in [9.17, 15) is 4.79 Å². The average Bonchev–Trinajstić information content (AvgIpc) is 2.97. The van der Waals surface area contributed by atoms with E-state index < -0.39 is 5.63 Å². The fourth-order valence-electron chi connectivity index (χ4n) is 3.53. The number of furan rings is 1. The smallest absolute Gasteiger partial charge is 0.336 e. The summed E-state index contributed by atoms with van der Waals surface area (Å²) in [5.41, 5.74) is 2.59. The van der Waals surface area contributed by atoms with Crippen LogP contribution in [0.25, 0.3) is 44.0 Å².